The molecule has 4 rings (SSSR count). The van der Waals surface area contributed by atoms with Crippen molar-refractivity contribution in [1.82, 2.24) is 9.97 Å². The van der Waals surface area contributed by atoms with Crippen molar-refractivity contribution in [3.05, 3.63) is 41.7 Å². The molecule has 3 N–H and O–H groups in total. The number of carbonyl (C=O) groups is 1. The minimum absolute atomic E-state index is 0.108. The number of carbonyl (C=O) groups excluding carboxylic acids is 1. The van der Waals surface area contributed by atoms with Crippen LogP contribution in [0.4, 0.5) is 17.3 Å². The fourth-order valence-corrected chi connectivity index (χ4v) is 3.38. The highest BCUT2D eigenvalue weighted by atomic mass is 16.1. The normalized spacial score (nSPS) is 16.0. The predicted octanol–water partition coefficient (Wildman–Crippen LogP) is 3.01. The van der Waals surface area contributed by atoms with E-state index in [1.807, 2.05) is 18.3 Å². The largest absolute Gasteiger partial charge is 0.330 e. The molecule has 1 aliphatic heterocycles. The summed E-state index contributed by atoms with van der Waals surface area (Å²) >= 11 is 0. The molecule has 2 aromatic heterocycles. The molecule has 0 aromatic carbocycles. The lowest BCUT2D eigenvalue weighted by atomic mass is 10.1. The lowest BCUT2D eigenvalue weighted by molar-refractivity contribution is 0.102. The minimum Gasteiger partial charge on any atom is -0.330 e. The summed E-state index contributed by atoms with van der Waals surface area (Å²) in [5, 5.41) is 3.09. The number of amides is 1. The average molecular weight is 337 g/mol. The minimum atomic E-state index is -0.108. The third kappa shape index (κ3) is 3.09. The van der Waals surface area contributed by atoms with Crippen LogP contribution >= 0.6 is 0 Å². The SMILES string of the molecule is NCCCCCc1ccnc2c1NC(=O)c1cccnc1N2C1CC1. The van der Waals surface area contributed by atoms with Crippen molar-refractivity contribution in [2.75, 3.05) is 16.8 Å². The molecule has 3 heterocycles. The standard InChI is InChI=1S/C19H23N5O/c20-10-3-1-2-5-13-9-12-22-18-16(13)23-19(25)15-6-4-11-21-17(15)24(18)14-7-8-14/h4,6,9,11-12,14H,1-3,5,7-8,10,20H2,(H,23,25). The number of aryl methyl sites for hydroxylation is 1. The Kier molecular flexibility index (Phi) is 4.36. The van der Waals surface area contributed by atoms with Gasteiger partial charge < -0.3 is 16.0 Å². The van der Waals surface area contributed by atoms with Crippen molar-refractivity contribution in [3.63, 3.8) is 0 Å². The summed E-state index contributed by atoms with van der Waals surface area (Å²) in [5.74, 6) is 1.43. The zero-order valence-electron chi connectivity index (χ0n) is 14.2. The molecule has 1 aliphatic carbocycles. The average Bonchev–Trinajstić information content (AvgIpc) is 3.46. The highest BCUT2D eigenvalue weighted by Crippen LogP contribution is 2.43. The van der Waals surface area contributed by atoms with Crippen molar-refractivity contribution in [2.45, 2.75) is 44.6 Å². The maximum Gasteiger partial charge on any atom is 0.259 e. The summed E-state index contributed by atoms with van der Waals surface area (Å²) in [5.41, 5.74) is 8.17. The second-order valence-corrected chi connectivity index (χ2v) is 6.70. The van der Waals surface area contributed by atoms with Gasteiger partial charge >= 0.3 is 0 Å². The van der Waals surface area contributed by atoms with E-state index in [2.05, 4.69) is 20.2 Å². The molecule has 0 saturated heterocycles. The van der Waals surface area contributed by atoms with Gasteiger partial charge in [0.15, 0.2) is 5.82 Å². The van der Waals surface area contributed by atoms with Gasteiger partial charge in [0.1, 0.15) is 5.82 Å². The van der Waals surface area contributed by atoms with Gasteiger partial charge in [-0.15, -0.1) is 0 Å². The van der Waals surface area contributed by atoms with Crippen LogP contribution < -0.4 is 16.0 Å². The van der Waals surface area contributed by atoms with Gasteiger partial charge in [0.25, 0.3) is 5.91 Å². The molecular weight excluding hydrogens is 314 g/mol. The summed E-state index contributed by atoms with van der Waals surface area (Å²) < 4.78 is 0. The molecule has 0 bridgehead atoms. The Labute approximate surface area is 147 Å². The number of fused-ring (bicyclic) bond motifs is 2. The van der Waals surface area contributed by atoms with Crippen molar-refractivity contribution in [3.8, 4) is 0 Å². The van der Waals surface area contributed by atoms with Crippen LogP contribution in [-0.2, 0) is 6.42 Å². The van der Waals surface area contributed by atoms with Gasteiger partial charge in [0.05, 0.1) is 11.3 Å². The zero-order valence-corrected chi connectivity index (χ0v) is 14.2. The molecule has 130 valence electrons. The highest BCUT2D eigenvalue weighted by Gasteiger charge is 2.38. The molecule has 2 aromatic rings. The van der Waals surface area contributed by atoms with Gasteiger partial charge in [-0.1, -0.05) is 6.42 Å². The van der Waals surface area contributed by atoms with E-state index in [4.69, 9.17) is 5.73 Å². The second kappa shape index (κ2) is 6.80. The molecule has 0 atom stereocenters. The van der Waals surface area contributed by atoms with Crippen LogP contribution in [0.1, 0.15) is 48.0 Å². The van der Waals surface area contributed by atoms with Gasteiger partial charge in [0.2, 0.25) is 0 Å². The van der Waals surface area contributed by atoms with E-state index in [0.717, 1.165) is 62.1 Å². The van der Waals surface area contributed by atoms with E-state index in [-0.39, 0.29) is 5.91 Å². The van der Waals surface area contributed by atoms with Gasteiger partial charge in [-0.25, -0.2) is 9.97 Å². The molecule has 6 heteroatoms. The van der Waals surface area contributed by atoms with Crippen molar-refractivity contribution in [2.24, 2.45) is 5.73 Å². The van der Waals surface area contributed by atoms with Gasteiger partial charge in [-0.3, -0.25) is 4.79 Å². The van der Waals surface area contributed by atoms with E-state index >= 15 is 0 Å². The highest BCUT2D eigenvalue weighted by molar-refractivity contribution is 6.11. The smallest absolute Gasteiger partial charge is 0.259 e. The van der Waals surface area contributed by atoms with Crippen LogP contribution in [0.15, 0.2) is 30.6 Å². The molecule has 0 unspecified atom stereocenters. The Morgan fingerprint density at radius 2 is 1.96 bits per heavy atom. The van der Waals surface area contributed by atoms with Crippen LogP contribution in [0.2, 0.25) is 0 Å². The first-order chi connectivity index (χ1) is 12.3. The van der Waals surface area contributed by atoms with Crippen molar-refractivity contribution >= 4 is 23.2 Å². The summed E-state index contributed by atoms with van der Waals surface area (Å²) in [6.45, 7) is 0.724. The third-order valence-corrected chi connectivity index (χ3v) is 4.81. The zero-order chi connectivity index (χ0) is 17.2. The van der Waals surface area contributed by atoms with Gasteiger partial charge in [0, 0.05) is 18.4 Å². The van der Waals surface area contributed by atoms with Gasteiger partial charge in [-0.05, 0) is 62.4 Å². The van der Waals surface area contributed by atoms with Crippen LogP contribution in [0.3, 0.4) is 0 Å². The number of anilines is 3. The molecular formula is C19H23N5O. The Morgan fingerprint density at radius 3 is 2.76 bits per heavy atom. The maximum absolute atomic E-state index is 12.8. The summed E-state index contributed by atoms with van der Waals surface area (Å²) in [7, 11) is 0. The molecule has 6 nitrogen and oxygen atoms in total. The fraction of sp³-hybridized carbons (Fsp3) is 0.421. The van der Waals surface area contributed by atoms with Crippen molar-refractivity contribution in [1.29, 1.82) is 0 Å². The predicted molar refractivity (Wildman–Crippen MR) is 98.2 cm³/mol. The van der Waals surface area contributed by atoms with Gasteiger partial charge in [-0.2, -0.15) is 0 Å². The van der Waals surface area contributed by atoms with Crippen molar-refractivity contribution < 1.29 is 4.79 Å². The number of nitrogens with one attached hydrogen (secondary N) is 1. The van der Waals surface area contributed by atoms with Crippen LogP contribution in [0.25, 0.3) is 0 Å². The first-order valence-corrected chi connectivity index (χ1v) is 9.03. The molecule has 0 spiro atoms. The van der Waals surface area contributed by atoms with Crippen LogP contribution in [0.5, 0.6) is 0 Å². The third-order valence-electron chi connectivity index (χ3n) is 4.81. The first-order valence-electron chi connectivity index (χ1n) is 9.03. The lowest BCUT2D eigenvalue weighted by Gasteiger charge is -2.24. The number of rotatable bonds is 6. The second-order valence-electron chi connectivity index (χ2n) is 6.70. The molecule has 2 aliphatic rings. The molecule has 1 amide bonds. The Balaban J connectivity index is 1.74. The molecule has 25 heavy (non-hydrogen) atoms. The lowest BCUT2D eigenvalue weighted by Crippen LogP contribution is -2.22. The first kappa shape index (κ1) is 16.0. The number of pyridine rings is 2. The summed E-state index contributed by atoms with van der Waals surface area (Å²) in [4.78, 5) is 24.0. The number of aromatic nitrogens is 2. The topological polar surface area (TPSA) is 84.1 Å². The summed E-state index contributed by atoms with van der Waals surface area (Å²) in [6.07, 6.45) is 9.87. The quantitative estimate of drug-likeness (QED) is 0.792. The number of hydrogen-bond donors (Lipinski definition) is 2. The molecule has 1 fully saturated rings. The van der Waals surface area contributed by atoms with E-state index in [1.54, 1.807) is 12.3 Å². The molecule has 0 radical (unpaired) electrons. The Bertz CT molecular complexity index is 787. The fourth-order valence-electron chi connectivity index (χ4n) is 3.38. The van der Waals surface area contributed by atoms with Crippen LogP contribution in [-0.4, -0.2) is 28.5 Å². The van der Waals surface area contributed by atoms with Crippen LogP contribution in [0, 0.1) is 0 Å². The maximum atomic E-state index is 12.8. The number of unbranched alkanes of at least 4 members (excludes halogenated alkanes) is 2. The van der Waals surface area contributed by atoms with E-state index < -0.39 is 0 Å². The Hall–Kier alpha value is -2.47. The number of nitrogens with two attached hydrogens (primary N) is 1. The Morgan fingerprint density at radius 1 is 1.12 bits per heavy atom. The number of nitrogens with zero attached hydrogens (tertiary/aromatic N) is 3. The van der Waals surface area contributed by atoms with E-state index in [1.165, 1.54) is 0 Å². The van der Waals surface area contributed by atoms with E-state index in [0.29, 0.717) is 17.4 Å². The monoisotopic (exact) mass is 337 g/mol. The molecule has 1 saturated carbocycles. The summed E-state index contributed by atoms with van der Waals surface area (Å²) in [6, 6.07) is 6.02. The number of hydrogen-bond acceptors (Lipinski definition) is 5. The van der Waals surface area contributed by atoms with E-state index in [9.17, 15) is 4.79 Å².